The molecule has 144 valence electrons. The third-order valence-electron chi connectivity index (χ3n) is 5.39. The van der Waals surface area contributed by atoms with Crippen LogP contribution in [0.4, 0.5) is 0 Å². The average Bonchev–Trinajstić information content (AvgIpc) is 2.84. The minimum atomic E-state index is 0.840. The summed E-state index contributed by atoms with van der Waals surface area (Å²) >= 11 is 0. The zero-order valence-electron chi connectivity index (χ0n) is 16.7. The lowest BCUT2D eigenvalue weighted by molar-refractivity contribution is 0.415. The molecule has 0 aliphatic carbocycles. The lowest BCUT2D eigenvalue weighted by Crippen LogP contribution is -1.96. The molecule has 0 aliphatic rings. The monoisotopic (exact) mass is 387 g/mol. The fourth-order valence-corrected chi connectivity index (χ4v) is 3.93. The second-order valence-corrected chi connectivity index (χ2v) is 7.19. The molecule has 0 bridgehead atoms. The van der Waals surface area contributed by atoms with Crippen molar-refractivity contribution in [2.45, 2.75) is 0 Å². The van der Waals surface area contributed by atoms with Crippen molar-refractivity contribution in [1.82, 2.24) is 4.98 Å². The summed E-state index contributed by atoms with van der Waals surface area (Å²) in [6.45, 7) is 0. The molecule has 2 nitrogen and oxygen atoms in total. The molecule has 0 radical (unpaired) electrons. The molecule has 0 amide bonds. The van der Waals surface area contributed by atoms with E-state index >= 15 is 0 Å². The van der Waals surface area contributed by atoms with Crippen LogP contribution in [0.25, 0.3) is 44.4 Å². The highest BCUT2D eigenvalue weighted by atomic mass is 16.5. The van der Waals surface area contributed by atoms with Crippen molar-refractivity contribution in [1.29, 1.82) is 0 Å². The fraction of sp³-hybridized carbons (Fsp3) is 0.0357. The molecule has 2 heteroatoms. The Labute approximate surface area is 176 Å². The van der Waals surface area contributed by atoms with Crippen LogP contribution in [-0.4, -0.2) is 12.1 Å². The first-order valence-corrected chi connectivity index (χ1v) is 10.0. The van der Waals surface area contributed by atoms with E-state index in [0.717, 1.165) is 39.2 Å². The smallest absolute Gasteiger partial charge is 0.118 e. The van der Waals surface area contributed by atoms with Gasteiger partial charge in [-0.25, -0.2) is 4.98 Å². The zero-order chi connectivity index (χ0) is 20.3. The van der Waals surface area contributed by atoms with Crippen molar-refractivity contribution >= 4 is 10.8 Å². The van der Waals surface area contributed by atoms with Crippen molar-refractivity contribution in [2.24, 2.45) is 0 Å². The van der Waals surface area contributed by atoms with Crippen LogP contribution >= 0.6 is 0 Å². The standard InChI is InChI=1S/C28H21NO/c1-30-23-18-16-22(17-19-23)27-25-15-9-8-14-24(25)26(20-10-4-2-5-11-20)28(29-27)21-12-6-3-7-13-21/h2-19H,1H3. The molecule has 0 spiro atoms. The number of benzene rings is 4. The quantitative estimate of drug-likeness (QED) is 0.324. The molecule has 0 N–H and O–H groups in total. The lowest BCUT2D eigenvalue weighted by atomic mass is 9.91. The van der Waals surface area contributed by atoms with Gasteiger partial charge in [0.25, 0.3) is 0 Å². The first-order chi connectivity index (χ1) is 14.8. The maximum atomic E-state index is 5.34. The van der Waals surface area contributed by atoms with E-state index in [1.54, 1.807) is 7.11 Å². The van der Waals surface area contributed by atoms with E-state index in [-0.39, 0.29) is 0 Å². The van der Waals surface area contributed by atoms with Crippen molar-refractivity contribution in [2.75, 3.05) is 7.11 Å². The molecule has 1 heterocycles. The number of ether oxygens (including phenoxy) is 1. The van der Waals surface area contributed by atoms with Gasteiger partial charge in [0.2, 0.25) is 0 Å². The average molecular weight is 387 g/mol. The minimum absolute atomic E-state index is 0.840. The number of hydrogen-bond donors (Lipinski definition) is 0. The second-order valence-electron chi connectivity index (χ2n) is 7.19. The number of nitrogens with zero attached hydrogens (tertiary/aromatic N) is 1. The van der Waals surface area contributed by atoms with E-state index in [1.807, 2.05) is 24.3 Å². The first kappa shape index (κ1) is 18.1. The molecule has 0 fully saturated rings. The number of fused-ring (bicyclic) bond motifs is 1. The zero-order valence-corrected chi connectivity index (χ0v) is 16.7. The van der Waals surface area contributed by atoms with Gasteiger partial charge in [-0.05, 0) is 35.2 Å². The van der Waals surface area contributed by atoms with Crippen LogP contribution in [0, 0.1) is 0 Å². The fourth-order valence-electron chi connectivity index (χ4n) is 3.93. The molecular formula is C28H21NO. The Balaban J connectivity index is 1.87. The maximum Gasteiger partial charge on any atom is 0.118 e. The van der Waals surface area contributed by atoms with Crippen LogP contribution in [0.5, 0.6) is 5.75 Å². The summed E-state index contributed by atoms with van der Waals surface area (Å²) in [4.78, 5) is 5.23. The van der Waals surface area contributed by atoms with Gasteiger partial charge in [-0.3, -0.25) is 0 Å². The Morgan fingerprint density at radius 1 is 0.500 bits per heavy atom. The molecule has 5 rings (SSSR count). The molecule has 0 saturated heterocycles. The Kier molecular flexibility index (Phi) is 4.74. The summed E-state index contributed by atoms with van der Waals surface area (Å²) in [7, 11) is 1.69. The highest BCUT2D eigenvalue weighted by Gasteiger charge is 2.17. The normalized spacial score (nSPS) is 10.8. The van der Waals surface area contributed by atoms with Crippen LogP contribution in [0.1, 0.15) is 0 Å². The third kappa shape index (κ3) is 3.23. The summed E-state index contributed by atoms with van der Waals surface area (Å²) in [6.07, 6.45) is 0. The topological polar surface area (TPSA) is 22.1 Å². The van der Waals surface area contributed by atoms with Crippen molar-refractivity contribution in [3.8, 4) is 39.4 Å². The van der Waals surface area contributed by atoms with Gasteiger partial charge >= 0.3 is 0 Å². The van der Waals surface area contributed by atoms with Crippen molar-refractivity contribution in [3.05, 3.63) is 109 Å². The minimum Gasteiger partial charge on any atom is -0.497 e. The number of rotatable bonds is 4. The molecule has 0 saturated carbocycles. The van der Waals surface area contributed by atoms with Crippen molar-refractivity contribution in [3.63, 3.8) is 0 Å². The molecule has 0 aliphatic heterocycles. The number of aromatic nitrogens is 1. The third-order valence-corrected chi connectivity index (χ3v) is 5.39. The van der Waals surface area contributed by atoms with Gasteiger partial charge in [0.15, 0.2) is 0 Å². The molecule has 5 aromatic rings. The van der Waals surface area contributed by atoms with Crippen LogP contribution in [0.15, 0.2) is 109 Å². The van der Waals surface area contributed by atoms with Crippen molar-refractivity contribution < 1.29 is 4.74 Å². The highest BCUT2D eigenvalue weighted by molar-refractivity contribution is 6.08. The second kappa shape index (κ2) is 7.84. The first-order valence-electron chi connectivity index (χ1n) is 10.0. The SMILES string of the molecule is COc1ccc(-c2nc(-c3ccccc3)c(-c3ccccc3)c3ccccc23)cc1. The Morgan fingerprint density at radius 3 is 1.67 bits per heavy atom. The molecule has 0 atom stereocenters. The van der Waals surface area contributed by atoms with E-state index in [0.29, 0.717) is 0 Å². The molecule has 4 aromatic carbocycles. The molecular weight excluding hydrogens is 366 g/mol. The maximum absolute atomic E-state index is 5.34. The van der Waals surface area contributed by atoms with E-state index in [9.17, 15) is 0 Å². The van der Waals surface area contributed by atoms with Gasteiger partial charge in [-0.2, -0.15) is 0 Å². The highest BCUT2D eigenvalue weighted by Crippen LogP contribution is 2.40. The van der Waals surface area contributed by atoms with E-state index in [1.165, 1.54) is 10.9 Å². The summed E-state index contributed by atoms with van der Waals surface area (Å²) in [5, 5.41) is 2.34. The summed E-state index contributed by atoms with van der Waals surface area (Å²) in [6, 6.07) is 37.6. The van der Waals surface area contributed by atoms with E-state index < -0.39 is 0 Å². The summed E-state index contributed by atoms with van der Waals surface area (Å²) in [5.74, 6) is 0.840. The van der Waals surface area contributed by atoms with Crippen LogP contribution in [-0.2, 0) is 0 Å². The molecule has 0 unspecified atom stereocenters. The van der Waals surface area contributed by atoms with E-state index in [2.05, 4.69) is 84.9 Å². The summed E-state index contributed by atoms with van der Waals surface area (Å²) in [5.41, 5.74) is 6.48. The largest absolute Gasteiger partial charge is 0.497 e. The van der Waals surface area contributed by atoms with Gasteiger partial charge in [0.05, 0.1) is 18.5 Å². The van der Waals surface area contributed by atoms with Gasteiger partial charge in [0.1, 0.15) is 5.75 Å². The number of pyridine rings is 1. The molecule has 1 aromatic heterocycles. The van der Waals surface area contributed by atoms with Crippen LogP contribution < -0.4 is 4.74 Å². The predicted molar refractivity (Wildman–Crippen MR) is 125 cm³/mol. The van der Waals surface area contributed by atoms with Crippen LogP contribution in [0.2, 0.25) is 0 Å². The lowest BCUT2D eigenvalue weighted by Gasteiger charge is -2.17. The predicted octanol–water partition coefficient (Wildman–Crippen LogP) is 7.24. The van der Waals surface area contributed by atoms with Gasteiger partial charge in [0, 0.05) is 22.1 Å². The van der Waals surface area contributed by atoms with Gasteiger partial charge in [-0.1, -0.05) is 84.9 Å². The Bertz CT molecular complexity index is 1290. The van der Waals surface area contributed by atoms with Crippen LogP contribution in [0.3, 0.4) is 0 Å². The molecule has 30 heavy (non-hydrogen) atoms. The van der Waals surface area contributed by atoms with Gasteiger partial charge < -0.3 is 4.74 Å². The Morgan fingerprint density at radius 2 is 1.03 bits per heavy atom. The van der Waals surface area contributed by atoms with E-state index in [4.69, 9.17) is 9.72 Å². The number of hydrogen-bond acceptors (Lipinski definition) is 2. The summed E-state index contributed by atoms with van der Waals surface area (Å²) < 4.78 is 5.34. The van der Waals surface area contributed by atoms with Gasteiger partial charge in [-0.15, -0.1) is 0 Å². The Hall–Kier alpha value is -3.91. The number of methoxy groups -OCH3 is 1.